The quantitative estimate of drug-likeness (QED) is 0.881. The summed E-state index contributed by atoms with van der Waals surface area (Å²) in [4.78, 5) is 0. The molecule has 0 spiro atoms. The van der Waals surface area contributed by atoms with Gasteiger partial charge >= 0.3 is 0 Å². The third kappa shape index (κ3) is 3.14. The number of nitrogens with one attached hydrogen (secondary N) is 1. The number of anilines is 1. The molecule has 0 saturated heterocycles. The van der Waals surface area contributed by atoms with Gasteiger partial charge in [0.05, 0.1) is 24.9 Å². The standard InChI is InChI=1S/C16H24ClNO2/c1-10-8-16(2,3)9-13(10)18-12-7-15(20-5)14(19-4)6-11(12)17/h6-7,10,13,18H,8-9H2,1-5H3. The number of hydrogen-bond acceptors (Lipinski definition) is 3. The lowest BCUT2D eigenvalue weighted by Crippen LogP contribution is -2.22. The molecule has 1 aromatic carbocycles. The smallest absolute Gasteiger partial charge is 0.162 e. The van der Waals surface area contributed by atoms with Crippen LogP contribution >= 0.6 is 11.6 Å². The van der Waals surface area contributed by atoms with Gasteiger partial charge in [0.2, 0.25) is 0 Å². The molecule has 1 N–H and O–H groups in total. The van der Waals surface area contributed by atoms with Crippen molar-refractivity contribution < 1.29 is 9.47 Å². The van der Waals surface area contributed by atoms with Gasteiger partial charge in [0.25, 0.3) is 0 Å². The van der Waals surface area contributed by atoms with Crippen LogP contribution in [0.3, 0.4) is 0 Å². The molecule has 0 amide bonds. The lowest BCUT2D eigenvalue weighted by molar-refractivity contribution is 0.355. The molecule has 112 valence electrons. The zero-order valence-electron chi connectivity index (χ0n) is 12.9. The third-order valence-corrected chi connectivity index (χ3v) is 4.46. The topological polar surface area (TPSA) is 30.5 Å². The van der Waals surface area contributed by atoms with E-state index in [0.717, 1.165) is 12.1 Å². The van der Waals surface area contributed by atoms with E-state index in [-0.39, 0.29) is 0 Å². The van der Waals surface area contributed by atoms with E-state index >= 15 is 0 Å². The van der Waals surface area contributed by atoms with Gasteiger partial charge in [0, 0.05) is 18.2 Å². The first-order valence-corrected chi connectivity index (χ1v) is 7.42. The molecule has 1 aliphatic carbocycles. The number of methoxy groups -OCH3 is 2. The highest BCUT2D eigenvalue weighted by atomic mass is 35.5. The number of halogens is 1. The van der Waals surface area contributed by atoms with E-state index in [4.69, 9.17) is 21.1 Å². The molecular weight excluding hydrogens is 274 g/mol. The SMILES string of the molecule is COc1cc(Cl)c(NC2CC(C)(C)CC2C)cc1OC. The van der Waals surface area contributed by atoms with E-state index < -0.39 is 0 Å². The Hall–Kier alpha value is -1.09. The van der Waals surface area contributed by atoms with Gasteiger partial charge in [-0.2, -0.15) is 0 Å². The highest BCUT2D eigenvalue weighted by Gasteiger charge is 2.36. The van der Waals surface area contributed by atoms with Crippen LogP contribution in [0.15, 0.2) is 12.1 Å². The molecule has 4 heteroatoms. The second kappa shape index (κ2) is 5.72. The molecule has 1 aromatic rings. The molecule has 20 heavy (non-hydrogen) atoms. The van der Waals surface area contributed by atoms with Crippen LogP contribution in [0, 0.1) is 11.3 Å². The number of benzene rings is 1. The molecule has 1 aliphatic rings. The van der Waals surface area contributed by atoms with Gasteiger partial charge < -0.3 is 14.8 Å². The van der Waals surface area contributed by atoms with Crippen molar-refractivity contribution in [2.45, 2.75) is 39.7 Å². The van der Waals surface area contributed by atoms with Gasteiger partial charge in [-0.1, -0.05) is 32.4 Å². The Morgan fingerprint density at radius 1 is 1.15 bits per heavy atom. The lowest BCUT2D eigenvalue weighted by Gasteiger charge is -2.21. The van der Waals surface area contributed by atoms with Crippen molar-refractivity contribution in [1.29, 1.82) is 0 Å². The maximum atomic E-state index is 6.34. The number of hydrogen-bond donors (Lipinski definition) is 1. The van der Waals surface area contributed by atoms with E-state index in [1.807, 2.05) is 6.07 Å². The second-order valence-corrected chi connectivity index (χ2v) is 6.89. The molecule has 0 radical (unpaired) electrons. The summed E-state index contributed by atoms with van der Waals surface area (Å²) in [6.07, 6.45) is 2.38. The van der Waals surface area contributed by atoms with Gasteiger partial charge in [0.15, 0.2) is 11.5 Å². The van der Waals surface area contributed by atoms with E-state index in [2.05, 4.69) is 26.1 Å². The molecule has 3 nitrogen and oxygen atoms in total. The number of ether oxygens (including phenoxy) is 2. The van der Waals surface area contributed by atoms with E-state index in [1.54, 1.807) is 20.3 Å². The van der Waals surface area contributed by atoms with E-state index in [1.165, 1.54) is 6.42 Å². The summed E-state index contributed by atoms with van der Waals surface area (Å²) in [7, 11) is 3.25. The number of rotatable bonds is 4. The Balaban J connectivity index is 2.21. The van der Waals surface area contributed by atoms with Gasteiger partial charge in [-0.05, 0) is 24.2 Å². The molecule has 0 bridgehead atoms. The van der Waals surface area contributed by atoms with E-state index in [9.17, 15) is 0 Å². The van der Waals surface area contributed by atoms with Crippen molar-refractivity contribution in [1.82, 2.24) is 0 Å². The summed E-state index contributed by atoms with van der Waals surface area (Å²) < 4.78 is 10.6. The first-order chi connectivity index (χ1) is 9.36. The fraction of sp³-hybridized carbons (Fsp3) is 0.625. The third-order valence-electron chi connectivity index (χ3n) is 4.15. The van der Waals surface area contributed by atoms with Crippen LogP contribution < -0.4 is 14.8 Å². The molecule has 0 aromatic heterocycles. The summed E-state index contributed by atoms with van der Waals surface area (Å²) in [5.74, 6) is 1.99. The first-order valence-electron chi connectivity index (χ1n) is 7.04. The predicted octanol–water partition coefficient (Wildman–Crippen LogP) is 4.59. The van der Waals surface area contributed by atoms with Crippen molar-refractivity contribution in [2.24, 2.45) is 11.3 Å². The Labute approximate surface area is 126 Å². The van der Waals surface area contributed by atoms with Crippen LogP contribution in [-0.4, -0.2) is 20.3 Å². The molecule has 2 rings (SSSR count). The van der Waals surface area contributed by atoms with Crippen LogP contribution in [0.1, 0.15) is 33.6 Å². The van der Waals surface area contributed by atoms with Crippen LogP contribution in [-0.2, 0) is 0 Å². The minimum Gasteiger partial charge on any atom is -0.493 e. The average Bonchev–Trinajstić information content (AvgIpc) is 2.64. The summed E-state index contributed by atoms with van der Waals surface area (Å²) >= 11 is 6.34. The zero-order valence-corrected chi connectivity index (χ0v) is 13.7. The van der Waals surface area contributed by atoms with Crippen molar-refractivity contribution in [2.75, 3.05) is 19.5 Å². The Morgan fingerprint density at radius 3 is 2.25 bits per heavy atom. The van der Waals surface area contributed by atoms with Crippen LogP contribution in [0.5, 0.6) is 11.5 Å². The van der Waals surface area contributed by atoms with Gasteiger partial charge in [-0.3, -0.25) is 0 Å². The van der Waals surface area contributed by atoms with Gasteiger partial charge in [-0.15, -0.1) is 0 Å². The fourth-order valence-electron chi connectivity index (χ4n) is 3.25. The summed E-state index contributed by atoms with van der Waals surface area (Å²) in [5.41, 5.74) is 1.30. The maximum Gasteiger partial charge on any atom is 0.162 e. The summed E-state index contributed by atoms with van der Waals surface area (Å²) in [5, 5.41) is 4.24. The van der Waals surface area contributed by atoms with Crippen molar-refractivity contribution >= 4 is 17.3 Å². The largest absolute Gasteiger partial charge is 0.493 e. The molecular formula is C16H24ClNO2. The maximum absolute atomic E-state index is 6.34. The normalized spacial score (nSPS) is 24.5. The summed E-state index contributed by atoms with van der Waals surface area (Å²) in [6, 6.07) is 4.16. The Morgan fingerprint density at radius 2 is 1.75 bits per heavy atom. The Kier molecular flexibility index (Phi) is 4.38. The van der Waals surface area contributed by atoms with Crippen molar-refractivity contribution in [3.8, 4) is 11.5 Å². The zero-order chi connectivity index (χ0) is 14.9. The predicted molar refractivity (Wildman–Crippen MR) is 84.1 cm³/mol. The minimum atomic E-state index is 0.389. The van der Waals surface area contributed by atoms with Gasteiger partial charge in [0.1, 0.15) is 0 Å². The lowest BCUT2D eigenvalue weighted by atomic mass is 9.91. The highest BCUT2D eigenvalue weighted by molar-refractivity contribution is 6.33. The van der Waals surface area contributed by atoms with Crippen LogP contribution in [0.25, 0.3) is 0 Å². The van der Waals surface area contributed by atoms with E-state index in [0.29, 0.717) is 33.9 Å². The van der Waals surface area contributed by atoms with Crippen molar-refractivity contribution in [3.63, 3.8) is 0 Å². The molecule has 1 fully saturated rings. The minimum absolute atomic E-state index is 0.389. The molecule has 2 unspecified atom stereocenters. The van der Waals surface area contributed by atoms with Gasteiger partial charge in [-0.25, -0.2) is 0 Å². The summed E-state index contributed by atoms with van der Waals surface area (Å²) in [6.45, 7) is 6.93. The fourth-order valence-corrected chi connectivity index (χ4v) is 3.46. The van der Waals surface area contributed by atoms with Crippen LogP contribution in [0.2, 0.25) is 5.02 Å². The monoisotopic (exact) mass is 297 g/mol. The molecule has 2 atom stereocenters. The molecule has 0 heterocycles. The molecule has 1 saturated carbocycles. The van der Waals surface area contributed by atoms with Crippen molar-refractivity contribution in [3.05, 3.63) is 17.2 Å². The second-order valence-electron chi connectivity index (χ2n) is 6.49. The van der Waals surface area contributed by atoms with Crippen LogP contribution in [0.4, 0.5) is 5.69 Å². The first kappa shape index (κ1) is 15.3. The molecule has 0 aliphatic heterocycles. The average molecular weight is 298 g/mol. The Bertz CT molecular complexity index is 488. The highest BCUT2D eigenvalue weighted by Crippen LogP contribution is 2.44.